The van der Waals surface area contributed by atoms with Gasteiger partial charge in [-0.2, -0.15) is 0 Å². The number of hydrogen-bond donors (Lipinski definition) is 1. The molecule has 0 unspecified atom stereocenters. The van der Waals surface area contributed by atoms with Crippen LogP contribution in [0.5, 0.6) is 0 Å². The fourth-order valence-electron chi connectivity index (χ4n) is 2.82. The Bertz CT molecular complexity index is 828. The molecule has 118 valence electrons. The fraction of sp³-hybridized carbons (Fsp3) is 0.250. The van der Waals surface area contributed by atoms with Gasteiger partial charge < -0.3 is 9.88 Å². The summed E-state index contributed by atoms with van der Waals surface area (Å²) in [6.45, 7) is 6.79. The van der Waals surface area contributed by atoms with Crippen molar-refractivity contribution in [2.45, 2.75) is 33.2 Å². The van der Waals surface area contributed by atoms with Crippen molar-refractivity contribution in [1.29, 1.82) is 0 Å². The molecule has 3 aromatic rings. The van der Waals surface area contributed by atoms with E-state index < -0.39 is 0 Å². The van der Waals surface area contributed by atoms with Gasteiger partial charge in [0.2, 0.25) is 5.91 Å². The molecule has 0 saturated heterocycles. The molecule has 0 aliphatic heterocycles. The van der Waals surface area contributed by atoms with E-state index >= 15 is 0 Å². The van der Waals surface area contributed by atoms with E-state index in [2.05, 4.69) is 66.3 Å². The number of nitrogens with zero attached hydrogens (tertiary/aromatic N) is 1. The number of rotatable bonds is 4. The Balaban J connectivity index is 1.84. The van der Waals surface area contributed by atoms with Gasteiger partial charge in [0.1, 0.15) is 0 Å². The van der Waals surface area contributed by atoms with Gasteiger partial charge in [0.25, 0.3) is 0 Å². The van der Waals surface area contributed by atoms with Crippen LogP contribution in [0.25, 0.3) is 10.9 Å². The SMILES string of the molecule is CC(=O)Nc1ccc2c(ccn2Cc2ccc(C(C)C)cc2)c1. The highest BCUT2D eigenvalue weighted by atomic mass is 16.1. The van der Waals surface area contributed by atoms with Crippen LogP contribution in [0.2, 0.25) is 0 Å². The van der Waals surface area contributed by atoms with E-state index in [1.165, 1.54) is 23.6 Å². The molecule has 0 radical (unpaired) electrons. The van der Waals surface area contributed by atoms with E-state index in [0.29, 0.717) is 5.92 Å². The lowest BCUT2D eigenvalue weighted by Crippen LogP contribution is -2.05. The molecule has 0 spiro atoms. The third-order valence-electron chi connectivity index (χ3n) is 4.09. The molecule has 3 rings (SSSR count). The summed E-state index contributed by atoms with van der Waals surface area (Å²) in [5.41, 5.74) is 4.67. The third kappa shape index (κ3) is 3.45. The molecular formula is C20H22N2O. The van der Waals surface area contributed by atoms with Crippen LogP contribution >= 0.6 is 0 Å². The van der Waals surface area contributed by atoms with Gasteiger partial charge in [-0.25, -0.2) is 0 Å². The molecule has 2 aromatic carbocycles. The maximum Gasteiger partial charge on any atom is 0.221 e. The molecule has 0 aliphatic carbocycles. The quantitative estimate of drug-likeness (QED) is 0.740. The summed E-state index contributed by atoms with van der Waals surface area (Å²) in [6.07, 6.45) is 2.10. The summed E-state index contributed by atoms with van der Waals surface area (Å²) in [5.74, 6) is 0.512. The van der Waals surface area contributed by atoms with Crippen molar-refractivity contribution in [3.05, 3.63) is 65.9 Å². The van der Waals surface area contributed by atoms with Crippen LogP contribution in [-0.2, 0) is 11.3 Å². The highest BCUT2D eigenvalue weighted by Gasteiger charge is 2.05. The zero-order chi connectivity index (χ0) is 16.4. The lowest BCUT2D eigenvalue weighted by molar-refractivity contribution is -0.114. The average molecular weight is 306 g/mol. The van der Waals surface area contributed by atoms with Crippen LogP contribution in [0.3, 0.4) is 0 Å². The minimum atomic E-state index is -0.0472. The Labute approximate surface area is 136 Å². The lowest BCUT2D eigenvalue weighted by atomic mass is 10.0. The normalized spacial score (nSPS) is 11.1. The lowest BCUT2D eigenvalue weighted by Gasteiger charge is -2.09. The van der Waals surface area contributed by atoms with Gasteiger partial charge in [0.05, 0.1) is 0 Å². The summed E-state index contributed by atoms with van der Waals surface area (Å²) < 4.78 is 2.23. The maximum absolute atomic E-state index is 11.2. The maximum atomic E-state index is 11.2. The van der Waals surface area contributed by atoms with E-state index in [0.717, 1.165) is 17.6 Å². The Hall–Kier alpha value is -2.55. The summed E-state index contributed by atoms with van der Waals surface area (Å²) >= 11 is 0. The van der Waals surface area contributed by atoms with E-state index in [-0.39, 0.29) is 5.91 Å². The van der Waals surface area contributed by atoms with Gasteiger partial charge in [-0.1, -0.05) is 38.1 Å². The number of benzene rings is 2. The van der Waals surface area contributed by atoms with Crippen molar-refractivity contribution in [2.24, 2.45) is 0 Å². The molecule has 0 atom stereocenters. The molecular weight excluding hydrogens is 284 g/mol. The first kappa shape index (κ1) is 15.3. The zero-order valence-electron chi connectivity index (χ0n) is 13.8. The number of hydrogen-bond acceptors (Lipinski definition) is 1. The van der Waals surface area contributed by atoms with Gasteiger partial charge >= 0.3 is 0 Å². The van der Waals surface area contributed by atoms with Crippen LogP contribution < -0.4 is 5.32 Å². The highest BCUT2D eigenvalue weighted by molar-refractivity contribution is 5.92. The van der Waals surface area contributed by atoms with Crippen molar-refractivity contribution >= 4 is 22.5 Å². The number of carbonyl (C=O) groups excluding carboxylic acids is 1. The Kier molecular flexibility index (Phi) is 4.20. The Morgan fingerprint density at radius 1 is 1.09 bits per heavy atom. The number of fused-ring (bicyclic) bond motifs is 1. The van der Waals surface area contributed by atoms with Gasteiger partial charge in [-0.15, -0.1) is 0 Å². The van der Waals surface area contributed by atoms with Gasteiger partial charge in [0, 0.05) is 36.3 Å². The Morgan fingerprint density at radius 2 is 1.83 bits per heavy atom. The third-order valence-corrected chi connectivity index (χ3v) is 4.09. The van der Waals surface area contributed by atoms with Crippen molar-refractivity contribution in [1.82, 2.24) is 4.57 Å². The number of anilines is 1. The molecule has 3 nitrogen and oxygen atoms in total. The van der Waals surface area contributed by atoms with Crippen molar-refractivity contribution in [3.63, 3.8) is 0 Å². The molecule has 3 heteroatoms. The van der Waals surface area contributed by atoms with Gasteiger partial charge in [-0.05, 0) is 41.3 Å². The predicted octanol–water partition coefficient (Wildman–Crippen LogP) is 4.77. The van der Waals surface area contributed by atoms with Crippen molar-refractivity contribution in [2.75, 3.05) is 5.32 Å². The minimum absolute atomic E-state index is 0.0472. The first-order valence-corrected chi connectivity index (χ1v) is 7.98. The molecule has 23 heavy (non-hydrogen) atoms. The van der Waals surface area contributed by atoms with Crippen LogP contribution in [0, 0.1) is 0 Å². The molecule has 1 heterocycles. The van der Waals surface area contributed by atoms with Crippen molar-refractivity contribution < 1.29 is 4.79 Å². The second-order valence-electron chi connectivity index (χ2n) is 6.29. The monoisotopic (exact) mass is 306 g/mol. The van der Waals surface area contributed by atoms with E-state index in [9.17, 15) is 4.79 Å². The fourth-order valence-corrected chi connectivity index (χ4v) is 2.82. The van der Waals surface area contributed by atoms with Crippen LogP contribution in [-0.4, -0.2) is 10.5 Å². The van der Waals surface area contributed by atoms with E-state index in [1.807, 2.05) is 12.1 Å². The van der Waals surface area contributed by atoms with Gasteiger partial charge in [0.15, 0.2) is 0 Å². The predicted molar refractivity (Wildman–Crippen MR) is 95.9 cm³/mol. The number of aromatic nitrogens is 1. The Morgan fingerprint density at radius 3 is 2.48 bits per heavy atom. The molecule has 0 saturated carbocycles. The first-order valence-electron chi connectivity index (χ1n) is 7.98. The second kappa shape index (κ2) is 6.29. The highest BCUT2D eigenvalue weighted by Crippen LogP contribution is 2.22. The molecule has 0 bridgehead atoms. The number of nitrogens with one attached hydrogen (secondary N) is 1. The largest absolute Gasteiger partial charge is 0.343 e. The van der Waals surface area contributed by atoms with Crippen LogP contribution in [0.4, 0.5) is 5.69 Å². The van der Waals surface area contributed by atoms with Crippen molar-refractivity contribution in [3.8, 4) is 0 Å². The average Bonchev–Trinajstić information content (AvgIpc) is 2.89. The smallest absolute Gasteiger partial charge is 0.221 e. The summed E-state index contributed by atoms with van der Waals surface area (Å²) in [7, 11) is 0. The number of amides is 1. The molecule has 0 aliphatic rings. The molecule has 1 N–H and O–H groups in total. The molecule has 1 amide bonds. The standard InChI is InChI=1S/C20H22N2O/c1-14(2)17-6-4-16(5-7-17)13-22-11-10-18-12-19(21-15(3)23)8-9-20(18)22/h4-12,14H,13H2,1-3H3,(H,21,23). The first-order chi connectivity index (χ1) is 11.0. The molecule has 1 aromatic heterocycles. The summed E-state index contributed by atoms with van der Waals surface area (Å²) in [5, 5.41) is 3.96. The minimum Gasteiger partial charge on any atom is -0.343 e. The zero-order valence-corrected chi connectivity index (χ0v) is 13.8. The second-order valence-corrected chi connectivity index (χ2v) is 6.29. The van der Waals surface area contributed by atoms with E-state index in [1.54, 1.807) is 0 Å². The molecule has 0 fully saturated rings. The van der Waals surface area contributed by atoms with Crippen LogP contribution in [0.15, 0.2) is 54.7 Å². The van der Waals surface area contributed by atoms with Crippen LogP contribution in [0.1, 0.15) is 37.8 Å². The van der Waals surface area contributed by atoms with E-state index in [4.69, 9.17) is 0 Å². The topological polar surface area (TPSA) is 34.0 Å². The van der Waals surface area contributed by atoms with Gasteiger partial charge in [-0.3, -0.25) is 4.79 Å². The summed E-state index contributed by atoms with van der Waals surface area (Å²) in [6, 6.07) is 16.9. The summed E-state index contributed by atoms with van der Waals surface area (Å²) in [4.78, 5) is 11.2. The number of carbonyl (C=O) groups is 1.